The van der Waals surface area contributed by atoms with Gasteiger partial charge in [-0.3, -0.25) is 4.79 Å². The molecule has 0 unspecified atom stereocenters. The lowest BCUT2D eigenvalue weighted by Gasteiger charge is -2.18. The highest BCUT2D eigenvalue weighted by Crippen LogP contribution is 2.36. The van der Waals surface area contributed by atoms with Gasteiger partial charge >= 0.3 is 0 Å². The van der Waals surface area contributed by atoms with E-state index < -0.39 is 6.10 Å². The molecule has 0 amide bonds. The van der Waals surface area contributed by atoms with Crippen LogP contribution in [0.1, 0.15) is 46.4 Å². The van der Waals surface area contributed by atoms with Gasteiger partial charge in [-0.2, -0.15) is 0 Å². The summed E-state index contributed by atoms with van der Waals surface area (Å²) in [7, 11) is 0. The third-order valence-corrected chi connectivity index (χ3v) is 7.26. The van der Waals surface area contributed by atoms with E-state index in [1.54, 1.807) is 12.1 Å². The van der Waals surface area contributed by atoms with E-state index in [0.717, 1.165) is 25.7 Å². The van der Waals surface area contributed by atoms with Crippen LogP contribution in [0.15, 0.2) is 29.1 Å². The molecule has 0 spiro atoms. The van der Waals surface area contributed by atoms with E-state index in [9.17, 15) is 15.0 Å². The molecule has 2 heterocycles. The standard InChI is InChI=1S/C22H26N2O3S/c1-3-19-15-9-12(10-16(15)20(4-2)28-19)23-11-18(26)13-5-7-17(25)22-14(13)6-8-21(27)24-22/h5-8,12,18,23,25-26H,3-4,9-11H2,1-2H3,(H,24,27)/t18-/m0/s1. The highest BCUT2D eigenvalue weighted by atomic mass is 32.1. The fraction of sp³-hybridized carbons (Fsp3) is 0.409. The second-order valence-corrected chi connectivity index (χ2v) is 8.62. The Morgan fingerprint density at radius 1 is 1.14 bits per heavy atom. The molecule has 1 atom stereocenters. The summed E-state index contributed by atoms with van der Waals surface area (Å²) in [5.74, 6) is 0.00999. The number of aliphatic hydroxyl groups excluding tert-OH is 1. The molecule has 6 heteroatoms. The van der Waals surface area contributed by atoms with Crippen LogP contribution < -0.4 is 10.9 Å². The molecule has 148 valence electrons. The number of phenolic OH excluding ortho intramolecular Hbond substituents is 1. The SMILES string of the molecule is CCc1sc(CC)c2c1CC(NC[C@H](O)c1ccc(O)c3[nH]c(=O)ccc13)C2. The molecule has 0 radical (unpaired) electrons. The Labute approximate surface area is 168 Å². The molecule has 4 rings (SSSR count). The third-order valence-electron chi connectivity index (χ3n) is 5.69. The first-order valence-electron chi connectivity index (χ1n) is 9.90. The number of nitrogens with one attached hydrogen (secondary N) is 2. The van der Waals surface area contributed by atoms with Gasteiger partial charge < -0.3 is 20.5 Å². The van der Waals surface area contributed by atoms with Gasteiger partial charge in [-0.1, -0.05) is 19.9 Å². The smallest absolute Gasteiger partial charge is 0.248 e. The lowest BCUT2D eigenvalue weighted by molar-refractivity contribution is 0.171. The van der Waals surface area contributed by atoms with E-state index in [2.05, 4.69) is 24.1 Å². The summed E-state index contributed by atoms with van der Waals surface area (Å²) in [6.07, 6.45) is 3.49. The van der Waals surface area contributed by atoms with Crippen molar-refractivity contribution in [1.82, 2.24) is 10.3 Å². The lowest BCUT2D eigenvalue weighted by atomic mass is 10.0. The minimum atomic E-state index is -0.719. The molecular weight excluding hydrogens is 372 g/mol. The van der Waals surface area contributed by atoms with Gasteiger partial charge in [0, 0.05) is 33.8 Å². The van der Waals surface area contributed by atoms with Gasteiger partial charge in [0.25, 0.3) is 0 Å². The number of aromatic nitrogens is 1. The first-order valence-corrected chi connectivity index (χ1v) is 10.7. The van der Waals surface area contributed by atoms with Gasteiger partial charge in [0.15, 0.2) is 0 Å². The number of aromatic hydroxyl groups is 1. The monoisotopic (exact) mass is 398 g/mol. The molecule has 0 bridgehead atoms. The van der Waals surface area contributed by atoms with Crippen LogP contribution in [0.3, 0.4) is 0 Å². The summed E-state index contributed by atoms with van der Waals surface area (Å²) < 4.78 is 0. The number of phenols is 1. The Bertz CT molecular complexity index is 1040. The summed E-state index contributed by atoms with van der Waals surface area (Å²) in [5.41, 5.74) is 3.83. The molecule has 0 saturated heterocycles. The fourth-order valence-electron chi connectivity index (χ4n) is 4.30. The predicted molar refractivity (Wildman–Crippen MR) is 113 cm³/mol. The van der Waals surface area contributed by atoms with E-state index in [4.69, 9.17) is 0 Å². The van der Waals surface area contributed by atoms with E-state index in [1.165, 1.54) is 33.0 Å². The average molecular weight is 399 g/mol. The number of aromatic amines is 1. The summed E-state index contributed by atoms with van der Waals surface area (Å²) in [6.45, 7) is 4.87. The molecule has 4 N–H and O–H groups in total. The largest absolute Gasteiger partial charge is 0.506 e. The number of rotatable bonds is 6. The van der Waals surface area contributed by atoms with Crippen LogP contribution in [0.5, 0.6) is 5.75 Å². The number of aryl methyl sites for hydroxylation is 2. The Balaban J connectivity index is 1.49. The van der Waals surface area contributed by atoms with Gasteiger partial charge in [-0.05, 0) is 54.5 Å². The van der Waals surface area contributed by atoms with Crippen molar-refractivity contribution in [3.05, 3.63) is 61.1 Å². The number of fused-ring (bicyclic) bond motifs is 2. The summed E-state index contributed by atoms with van der Waals surface area (Å²) in [4.78, 5) is 17.2. The average Bonchev–Trinajstić information content (AvgIpc) is 3.25. The van der Waals surface area contributed by atoms with Crippen molar-refractivity contribution >= 4 is 22.2 Å². The molecule has 0 aliphatic heterocycles. The molecule has 0 fully saturated rings. The number of hydrogen-bond acceptors (Lipinski definition) is 5. The zero-order chi connectivity index (χ0) is 19.8. The Hall–Kier alpha value is -2.15. The molecular formula is C22H26N2O3S. The second-order valence-electron chi connectivity index (χ2n) is 7.43. The van der Waals surface area contributed by atoms with Crippen LogP contribution in [0.4, 0.5) is 0 Å². The van der Waals surface area contributed by atoms with E-state index in [-0.39, 0.29) is 11.3 Å². The van der Waals surface area contributed by atoms with Gasteiger partial charge in [0.2, 0.25) is 5.56 Å². The van der Waals surface area contributed by atoms with Crippen molar-refractivity contribution in [2.75, 3.05) is 6.54 Å². The molecule has 5 nitrogen and oxygen atoms in total. The van der Waals surface area contributed by atoms with E-state index >= 15 is 0 Å². The first kappa shape index (κ1) is 19.2. The maximum absolute atomic E-state index is 11.6. The minimum absolute atomic E-state index is 0.00999. The second kappa shape index (κ2) is 7.70. The van der Waals surface area contributed by atoms with E-state index in [1.807, 2.05) is 11.3 Å². The number of benzene rings is 1. The topological polar surface area (TPSA) is 85.3 Å². The quantitative estimate of drug-likeness (QED) is 0.514. The lowest BCUT2D eigenvalue weighted by Crippen LogP contribution is -2.33. The van der Waals surface area contributed by atoms with Crippen LogP contribution in [-0.4, -0.2) is 27.8 Å². The van der Waals surface area contributed by atoms with Crippen molar-refractivity contribution < 1.29 is 10.2 Å². The molecule has 0 saturated carbocycles. The van der Waals surface area contributed by atoms with Crippen molar-refractivity contribution in [2.24, 2.45) is 0 Å². The van der Waals surface area contributed by atoms with Crippen LogP contribution in [0.25, 0.3) is 10.9 Å². The third kappa shape index (κ3) is 3.36. The number of aliphatic hydroxyl groups is 1. The molecule has 2 aromatic heterocycles. The van der Waals surface area contributed by atoms with Crippen LogP contribution in [-0.2, 0) is 25.7 Å². The Morgan fingerprint density at radius 2 is 1.82 bits per heavy atom. The molecule has 1 aliphatic rings. The van der Waals surface area contributed by atoms with Crippen LogP contribution in [0, 0.1) is 0 Å². The number of pyridine rings is 1. The molecule has 3 aromatic rings. The van der Waals surface area contributed by atoms with Gasteiger partial charge in [-0.15, -0.1) is 11.3 Å². The minimum Gasteiger partial charge on any atom is -0.506 e. The zero-order valence-corrected chi connectivity index (χ0v) is 17.0. The summed E-state index contributed by atoms with van der Waals surface area (Å²) in [6, 6.07) is 6.65. The maximum atomic E-state index is 11.6. The molecule has 1 aliphatic carbocycles. The molecule has 28 heavy (non-hydrogen) atoms. The van der Waals surface area contributed by atoms with Gasteiger partial charge in [0.1, 0.15) is 5.75 Å². The molecule has 1 aromatic carbocycles. The predicted octanol–water partition coefficient (Wildman–Crippen LogP) is 3.21. The van der Waals surface area contributed by atoms with Crippen LogP contribution in [0.2, 0.25) is 0 Å². The Morgan fingerprint density at radius 3 is 2.46 bits per heavy atom. The summed E-state index contributed by atoms with van der Waals surface area (Å²) >= 11 is 1.96. The maximum Gasteiger partial charge on any atom is 0.248 e. The highest BCUT2D eigenvalue weighted by molar-refractivity contribution is 7.12. The van der Waals surface area contributed by atoms with Gasteiger partial charge in [-0.25, -0.2) is 0 Å². The first-order chi connectivity index (χ1) is 13.5. The van der Waals surface area contributed by atoms with Crippen molar-refractivity contribution in [3.8, 4) is 5.75 Å². The number of hydrogen-bond donors (Lipinski definition) is 4. The van der Waals surface area contributed by atoms with Crippen LogP contribution >= 0.6 is 11.3 Å². The number of thiophene rings is 1. The Kier molecular flexibility index (Phi) is 5.27. The fourth-order valence-corrected chi connectivity index (χ4v) is 5.55. The zero-order valence-electron chi connectivity index (χ0n) is 16.2. The van der Waals surface area contributed by atoms with Crippen molar-refractivity contribution in [1.29, 1.82) is 0 Å². The normalized spacial score (nSPS) is 15.2. The number of H-pyrrole nitrogens is 1. The van der Waals surface area contributed by atoms with Gasteiger partial charge in [0.05, 0.1) is 11.6 Å². The van der Waals surface area contributed by atoms with Crippen molar-refractivity contribution in [2.45, 2.75) is 51.7 Å². The van der Waals surface area contributed by atoms with E-state index in [0.29, 0.717) is 29.1 Å². The van der Waals surface area contributed by atoms with Crippen molar-refractivity contribution in [3.63, 3.8) is 0 Å². The highest BCUT2D eigenvalue weighted by Gasteiger charge is 2.28. The summed E-state index contributed by atoms with van der Waals surface area (Å²) in [5, 5.41) is 25.0.